The van der Waals surface area contributed by atoms with E-state index in [0.29, 0.717) is 0 Å². The van der Waals surface area contributed by atoms with Crippen LogP contribution in [0.4, 0.5) is 11.4 Å². The average Bonchev–Trinajstić information content (AvgIpc) is 3.01. The number of benzene rings is 1. The highest BCUT2D eigenvalue weighted by Gasteiger charge is 2.13. The Balaban J connectivity index is 0.00000119. The summed E-state index contributed by atoms with van der Waals surface area (Å²) in [4.78, 5) is 11.4. The predicted octanol–water partition coefficient (Wildman–Crippen LogP) is 8.75. The third kappa shape index (κ3) is 10.0. The maximum atomic E-state index is 4.54. The minimum absolute atomic E-state index is 0.742. The van der Waals surface area contributed by atoms with Gasteiger partial charge in [-0.15, -0.1) is 26.3 Å². The molecule has 0 amide bonds. The minimum atomic E-state index is 0.742. The Morgan fingerprint density at radius 1 is 0.872 bits per heavy atom. The van der Waals surface area contributed by atoms with Gasteiger partial charge >= 0.3 is 0 Å². The Morgan fingerprint density at radius 2 is 1.56 bits per heavy atom. The van der Waals surface area contributed by atoms with Crippen molar-refractivity contribution in [3.8, 4) is 11.1 Å². The van der Waals surface area contributed by atoms with Gasteiger partial charge in [0.15, 0.2) is 0 Å². The second-order valence-electron chi connectivity index (χ2n) is 8.70. The van der Waals surface area contributed by atoms with Crippen molar-refractivity contribution in [2.75, 3.05) is 30.8 Å². The molecule has 1 aliphatic heterocycles. The third-order valence-corrected chi connectivity index (χ3v) is 6.17. The fourth-order valence-electron chi connectivity index (χ4n) is 4.25. The highest BCUT2D eigenvalue weighted by atomic mass is 15.1. The molecular formula is C34H47N5. The number of pyridine rings is 2. The van der Waals surface area contributed by atoms with Gasteiger partial charge in [-0.05, 0) is 79.9 Å². The van der Waals surface area contributed by atoms with E-state index in [1.807, 2.05) is 58.5 Å². The highest BCUT2D eigenvalue weighted by Crippen LogP contribution is 2.32. The summed E-state index contributed by atoms with van der Waals surface area (Å²) in [6.07, 6.45) is 9.66. The van der Waals surface area contributed by atoms with E-state index >= 15 is 0 Å². The fraction of sp³-hybridized carbons (Fsp3) is 0.294. The number of anilines is 2. The molecular weight excluding hydrogens is 478 g/mol. The zero-order valence-corrected chi connectivity index (χ0v) is 24.5. The summed E-state index contributed by atoms with van der Waals surface area (Å²) in [5, 5.41) is 6.61. The number of allylic oxidation sites excluding steroid dienone is 1. The van der Waals surface area contributed by atoms with Gasteiger partial charge in [-0.2, -0.15) is 0 Å². The van der Waals surface area contributed by atoms with E-state index in [2.05, 4.69) is 89.2 Å². The van der Waals surface area contributed by atoms with Gasteiger partial charge in [0, 0.05) is 54.2 Å². The second-order valence-corrected chi connectivity index (χ2v) is 8.70. The lowest BCUT2D eigenvalue weighted by molar-refractivity contribution is 0.220. The van der Waals surface area contributed by atoms with Crippen LogP contribution in [0.25, 0.3) is 16.7 Å². The number of aryl methyl sites for hydroxylation is 1. The summed E-state index contributed by atoms with van der Waals surface area (Å²) in [6, 6.07) is 12.6. The number of aromatic nitrogens is 2. The van der Waals surface area contributed by atoms with E-state index in [9.17, 15) is 0 Å². The second kappa shape index (κ2) is 18.3. The SMILES string of the molecule is C=C.C=C.C=C(Nc1ccc(C)nc1)C(=C)c1cc(-c2cncc(CN3CCCCC3)c2)ccc1NC.CC. The number of nitrogens with zero attached hydrogens (tertiary/aromatic N) is 3. The molecule has 3 heterocycles. The van der Waals surface area contributed by atoms with Crippen molar-refractivity contribution in [1.29, 1.82) is 0 Å². The van der Waals surface area contributed by atoms with Crippen molar-refractivity contribution in [2.45, 2.75) is 46.6 Å². The summed E-state index contributed by atoms with van der Waals surface area (Å²) in [5.41, 5.74) is 8.94. The van der Waals surface area contributed by atoms with E-state index in [0.717, 1.165) is 51.6 Å². The normalized spacial score (nSPS) is 12.2. The summed E-state index contributed by atoms with van der Waals surface area (Å²) in [7, 11) is 1.92. The van der Waals surface area contributed by atoms with Crippen LogP contribution < -0.4 is 10.6 Å². The zero-order chi connectivity index (χ0) is 29.2. The Hall–Kier alpha value is -3.96. The summed E-state index contributed by atoms with van der Waals surface area (Å²) in [6.45, 7) is 29.8. The first kappa shape index (κ1) is 33.1. The van der Waals surface area contributed by atoms with Crippen molar-refractivity contribution in [3.05, 3.63) is 117 Å². The molecule has 0 aliphatic carbocycles. The lowest BCUT2D eigenvalue weighted by Gasteiger charge is -2.26. The van der Waals surface area contributed by atoms with E-state index in [4.69, 9.17) is 0 Å². The molecule has 1 fully saturated rings. The van der Waals surface area contributed by atoms with E-state index in [1.54, 1.807) is 0 Å². The summed E-state index contributed by atoms with van der Waals surface area (Å²) < 4.78 is 0. The molecule has 0 spiro atoms. The van der Waals surface area contributed by atoms with Crippen LogP contribution in [0, 0.1) is 6.92 Å². The van der Waals surface area contributed by atoms with E-state index in [-0.39, 0.29) is 0 Å². The van der Waals surface area contributed by atoms with Crippen LogP contribution in [0.1, 0.15) is 49.9 Å². The topological polar surface area (TPSA) is 53.1 Å². The number of piperidine rings is 1. The van der Waals surface area contributed by atoms with Gasteiger partial charge in [-0.1, -0.05) is 39.5 Å². The van der Waals surface area contributed by atoms with Gasteiger partial charge in [-0.25, -0.2) is 0 Å². The molecule has 0 atom stereocenters. The molecule has 0 saturated carbocycles. The Kier molecular flexibility index (Phi) is 15.5. The summed E-state index contributed by atoms with van der Waals surface area (Å²) >= 11 is 0. The van der Waals surface area contributed by atoms with Crippen LogP contribution in [0.2, 0.25) is 0 Å². The maximum absolute atomic E-state index is 4.54. The molecule has 0 radical (unpaired) electrons. The predicted molar refractivity (Wildman–Crippen MR) is 173 cm³/mol. The zero-order valence-electron chi connectivity index (χ0n) is 24.5. The van der Waals surface area contributed by atoms with E-state index in [1.165, 1.54) is 37.9 Å². The van der Waals surface area contributed by atoms with E-state index < -0.39 is 0 Å². The van der Waals surface area contributed by atoms with Crippen molar-refractivity contribution in [1.82, 2.24) is 14.9 Å². The van der Waals surface area contributed by atoms with Crippen molar-refractivity contribution < 1.29 is 0 Å². The third-order valence-electron chi connectivity index (χ3n) is 6.17. The average molecular weight is 526 g/mol. The molecule has 5 nitrogen and oxygen atoms in total. The molecule has 0 bridgehead atoms. The Bertz CT molecular complexity index is 1160. The number of rotatable bonds is 8. The molecule has 1 aliphatic rings. The maximum Gasteiger partial charge on any atom is 0.0570 e. The quantitative estimate of drug-likeness (QED) is 0.227. The molecule has 1 aromatic carbocycles. The first-order valence-corrected chi connectivity index (χ1v) is 13.6. The fourth-order valence-corrected chi connectivity index (χ4v) is 4.25. The van der Waals surface area contributed by atoms with Crippen LogP contribution in [-0.4, -0.2) is 35.0 Å². The molecule has 2 N–H and O–H groups in total. The van der Waals surface area contributed by atoms with Crippen LogP contribution in [0.3, 0.4) is 0 Å². The molecule has 0 unspecified atom stereocenters. The Morgan fingerprint density at radius 3 is 2.18 bits per heavy atom. The van der Waals surface area contributed by atoms with Gasteiger partial charge in [-0.3, -0.25) is 14.9 Å². The van der Waals surface area contributed by atoms with Crippen LogP contribution in [0.15, 0.2) is 100 Å². The first-order valence-electron chi connectivity index (χ1n) is 13.6. The van der Waals surface area contributed by atoms with Gasteiger partial charge in [0.05, 0.1) is 11.9 Å². The lowest BCUT2D eigenvalue weighted by Crippen LogP contribution is -2.29. The largest absolute Gasteiger partial charge is 0.388 e. The minimum Gasteiger partial charge on any atom is -0.388 e. The smallest absolute Gasteiger partial charge is 0.0570 e. The molecule has 5 heteroatoms. The molecule has 4 rings (SSSR count). The van der Waals surface area contributed by atoms with Crippen LogP contribution in [0.5, 0.6) is 0 Å². The van der Waals surface area contributed by atoms with Crippen LogP contribution in [-0.2, 0) is 6.54 Å². The van der Waals surface area contributed by atoms with Gasteiger partial charge in [0.25, 0.3) is 0 Å². The van der Waals surface area contributed by atoms with Crippen molar-refractivity contribution in [3.63, 3.8) is 0 Å². The molecule has 2 aromatic heterocycles. The number of likely N-dealkylation sites (tertiary alicyclic amines) is 1. The van der Waals surface area contributed by atoms with Crippen molar-refractivity contribution >= 4 is 16.9 Å². The highest BCUT2D eigenvalue weighted by molar-refractivity contribution is 5.88. The van der Waals surface area contributed by atoms with Gasteiger partial charge in [0.2, 0.25) is 0 Å². The standard InChI is InChI=1S/C28H33N5.C2H6.2C2H4/c1-20-8-10-26(18-31-20)32-22(3)21(2)27-15-24(9-11-28(27)29-4)25-14-23(16-30-17-25)19-33-12-6-5-7-13-33;3*1-2/h8-11,14-18,29,32H,2-3,5-7,12-13,19H2,1,4H3;1-2H3;2*1-2H2. The van der Waals surface area contributed by atoms with Gasteiger partial charge < -0.3 is 10.6 Å². The first-order chi connectivity index (χ1) is 19.0. The molecule has 39 heavy (non-hydrogen) atoms. The number of hydrogen-bond acceptors (Lipinski definition) is 5. The molecule has 208 valence electrons. The summed E-state index contributed by atoms with van der Waals surface area (Å²) in [5.74, 6) is 0. The lowest BCUT2D eigenvalue weighted by atomic mass is 9.96. The monoisotopic (exact) mass is 525 g/mol. The Labute approximate surface area is 237 Å². The molecule has 1 saturated heterocycles. The molecule has 3 aromatic rings. The number of hydrogen-bond donors (Lipinski definition) is 2. The van der Waals surface area contributed by atoms with Crippen LogP contribution >= 0.6 is 0 Å². The van der Waals surface area contributed by atoms with Crippen molar-refractivity contribution in [2.24, 2.45) is 0 Å². The number of nitrogens with one attached hydrogen (secondary N) is 2. The van der Waals surface area contributed by atoms with Gasteiger partial charge in [0.1, 0.15) is 0 Å².